The van der Waals surface area contributed by atoms with E-state index in [1.165, 1.54) is 11.1 Å². The van der Waals surface area contributed by atoms with E-state index in [1.807, 2.05) is 49.1 Å². The lowest BCUT2D eigenvalue weighted by Gasteiger charge is -2.28. The number of carbonyl (C=O) groups is 1. The van der Waals surface area contributed by atoms with E-state index in [9.17, 15) is 4.79 Å². The Morgan fingerprint density at radius 3 is 2.43 bits per heavy atom. The average molecular weight is 377 g/mol. The van der Waals surface area contributed by atoms with Gasteiger partial charge in [0.25, 0.3) is 5.91 Å². The normalized spacial score (nSPS) is 10.9. The number of rotatable bonds is 7. The molecule has 0 radical (unpaired) electrons. The molecule has 1 amide bonds. The van der Waals surface area contributed by atoms with E-state index < -0.39 is 0 Å². The Bertz CT molecular complexity index is 926. The molecule has 0 spiro atoms. The van der Waals surface area contributed by atoms with E-state index in [2.05, 4.69) is 48.0 Å². The third-order valence-corrected chi connectivity index (χ3v) is 4.95. The molecule has 1 heterocycles. The first-order valence-corrected chi connectivity index (χ1v) is 9.63. The van der Waals surface area contributed by atoms with Gasteiger partial charge in [-0.2, -0.15) is 0 Å². The van der Waals surface area contributed by atoms with Crippen LogP contribution in [-0.4, -0.2) is 28.5 Å². The molecule has 0 aliphatic heterocycles. The molecule has 0 saturated carbocycles. The summed E-state index contributed by atoms with van der Waals surface area (Å²) in [4.78, 5) is 15.1. The summed E-state index contributed by atoms with van der Waals surface area (Å²) in [7, 11) is 1.60. The lowest BCUT2D eigenvalue weighted by Crippen LogP contribution is -2.37. The number of amides is 1. The number of methoxy groups -OCH3 is 1. The molecule has 3 aromatic rings. The van der Waals surface area contributed by atoms with Gasteiger partial charge in [-0.25, -0.2) is 0 Å². The summed E-state index contributed by atoms with van der Waals surface area (Å²) in [6, 6.07) is 20.1. The van der Waals surface area contributed by atoms with Gasteiger partial charge >= 0.3 is 0 Å². The average Bonchev–Trinajstić information content (AvgIpc) is 3.13. The second-order valence-corrected chi connectivity index (χ2v) is 7.34. The minimum absolute atomic E-state index is 0.0180. The highest BCUT2D eigenvalue weighted by atomic mass is 16.5. The molecule has 0 bridgehead atoms. The van der Waals surface area contributed by atoms with Gasteiger partial charge in [0.1, 0.15) is 5.75 Å². The molecule has 1 aromatic heterocycles. The Hall–Kier alpha value is -3.01. The van der Waals surface area contributed by atoms with Crippen LogP contribution in [0, 0.1) is 6.92 Å². The highest BCUT2D eigenvalue weighted by molar-refractivity contribution is 5.97. The quantitative estimate of drug-likeness (QED) is 0.587. The van der Waals surface area contributed by atoms with Gasteiger partial charge in [-0.05, 0) is 50.6 Å². The van der Waals surface area contributed by atoms with E-state index >= 15 is 0 Å². The minimum atomic E-state index is -0.0180. The van der Waals surface area contributed by atoms with Crippen LogP contribution >= 0.6 is 0 Å². The molecule has 146 valence electrons. The molecular formula is C24H28N2O2. The molecular weight excluding hydrogens is 348 g/mol. The van der Waals surface area contributed by atoms with Crippen molar-refractivity contribution in [2.45, 2.75) is 39.9 Å². The van der Waals surface area contributed by atoms with Crippen LogP contribution in [0.4, 0.5) is 0 Å². The topological polar surface area (TPSA) is 34.5 Å². The van der Waals surface area contributed by atoms with E-state index in [0.717, 1.165) is 12.2 Å². The highest BCUT2D eigenvalue weighted by Gasteiger charge is 2.23. The van der Waals surface area contributed by atoms with Crippen LogP contribution in [0.5, 0.6) is 5.75 Å². The van der Waals surface area contributed by atoms with E-state index in [0.29, 0.717) is 17.9 Å². The molecule has 0 N–H and O–H groups in total. The van der Waals surface area contributed by atoms with Gasteiger partial charge in [0.15, 0.2) is 0 Å². The van der Waals surface area contributed by atoms with Gasteiger partial charge in [0.05, 0.1) is 19.2 Å². The Morgan fingerprint density at radius 2 is 1.75 bits per heavy atom. The SMILES string of the molecule is COc1ccccc1C(=O)N(Cc1cccn1Cc1ccc(C)cc1)C(C)C. The number of hydrogen-bond acceptors (Lipinski definition) is 2. The van der Waals surface area contributed by atoms with Gasteiger partial charge in [-0.1, -0.05) is 42.0 Å². The van der Waals surface area contributed by atoms with Crippen molar-refractivity contribution in [2.24, 2.45) is 0 Å². The standard InChI is InChI=1S/C24H28N2O2/c1-18(2)26(24(27)22-9-5-6-10-23(22)28-4)17-21-8-7-15-25(21)16-20-13-11-19(3)12-14-20/h5-15,18H,16-17H2,1-4H3. The highest BCUT2D eigenvalue weighted by Crippen LogP contribution is 2.22. The fourth-order valence-corrected chi connectivity index (χ4v) is 3.28. The Labute approximate surface area is 167 Å². The van der Waals surface area contributed by atoms with E-state index in [-0.39, 0.29) is 11.9 Å². The summed E-state index contributed by atoms with van der Waals surface area (Å²) in [6.07, 6.45) is 2.07. The minimum Gasteiger partial charge on any atom is -0.496 e. The summed E-state index contributed by atoms with van der Waals surface area (Å²) in [5, 5.41) is 0. The van der Waals surface area contributed by atoms with Crippen molar-refractivity contribution in [3.05, 3.63) is 89.2 Å². The first kappa shape index (κ1) is 19.7. The fourth-order valence-electron chi connectivity index (χ4n) is 3.28. The van der Waals surface area contributed by atoms with Crippen molar-refractivity contribution in [3.63, 3.8) is 0 Å². The number of hydrogen-bond donors (Lipinski definition) is 0. The summed E-state index contributed by atoms with van der Waals surface area (Å²) in [5.74, 6) is 0.587. The lowest BCUT2D eigenvalue weighted by atomic mass is 10.1. The smallest absolute Gasteiger partial charge is 0.258 e. The number of aryl methyl sites for hydroxylation is 1. The molecule has 0 aliphatic carbocycles. The van der Waals surface area contributed by atoms with Crippen molar-refractivity contribution in [1.29, 1.82) is 0 Å². The van der Waals surface area contributed by atoms with Crippen molar-refractivity contribution in [2.75, 3.05) is 7.11 Å². The van der Waals surface area contributed by atoms with Crippen LogP contribution in [0.3, 0.4) is 0 Å². The molecule has 0 fully saturated rings. The van der Waals surface area contributed by atoms with Crippen molar-refractivity contribution in [1.82, 2.24) is 9.47 Å². The lowest BCUT2D eigenvalue weighted by molar-refractivity contribution is 0.0682. The molecule has 4 nitrogen and oxygen atoms in total. The van der Waals surface area contributed by atoms with Crippen LogP contribution < -0.4 is 4.74 Å². The first-order chi connectivity index (χ1) is 13.5. The Morgan fingerprint density at radius 1 is 1.04 bits per heavy atom. The van der Waals surface area contributed by atoms with Crippen LogP contribution in [0.1, 0.15) is 41.0 Å². The molecule has 0 aliphatic rings. The number of benzene rings is 2. The number of aromatic nitrogens is 1. The first-order valence-electron chi connectivity index (χ1n) is 9.63. The van der Waals surface area contributed by atoms with Crippen LogP contribution in [-0.2, 0) is 13.1 Å². The third-order valence-electron chi connectivity index (χ3n) is 4.95. The summed E-state index contributed by atoms with van der Waals surface area (Å²) in [6.45, 7) is 7.51. The second-order valence-electron chi connectivity index (χ2n) is 7.34. The van der Waals surface area contributed by atoms with Gasteiger partial charge in [0.2, 0.25) is 0 Å². The number of carbonyl (C=O) groups excluding carboxylic acids is 1. The zero-order chi connectivity index (χ0) is 20.1. The molecule has 3 rings (SSSR count). The maximum Gasteiger partial charge on any atom is 0.258 e. The van der Waals surface area contributed by atoms with E-state index in [4.69, 9.17) is 4.74 Å². The van der Waals surface area contributed by atoms with Crippen molar-refractivity contribution in [3.8, 4) is 5.75 Å². The van der Waals surface area contributed by atoms with Gasteiger partial charge in [-0.3, -0.25) is 4.79 Å². The predicted octanol–water partition coefficient (Wildman–Crippen LogP) is 4.90. The molecule has 0 saturated heterocycles. The molecule has 2 aromatic carbocycles. The second kappa shape index (κ2) is 8.79. The Kier molecular flexibility index (Phi) is 6.19. The van der Waals surface area contributed by atoms with Gasteiger partial charge < -0.3 is 14.2 Å². The number of para-hydroxylation sites is 1. The maximum atomic E-state index is 13.2. The van der Waals surface area contributed by atoms with Crippen LogP contribution in [0.25, 0.3) is 0 Å². The zero-order valence-electron chi connectivity index (χ0n) is 17.1. The predicted molar refractivity (Wildman–Crippen MR) is 113 cm³/mol. The number of ether oxygens (including phenoxy) is 1. The Balaban J connectivity index is 1.83. The van der Waals surface area contributed by atoms with Gasteiger partial charge in [0, 0.05) is 24.5 Å². The van der Waals surface area contributed by atoms with E-state index in [1.54, 1.807) is 7.11 Å². The largest absolute Gasteiger partial charge is 0.496 e. The summed E-state index contributed by atoms with van der Waals surface area (Å²) in [5.41, 5.74) is 4.20. The molecule has 28 heavy (non-hydrogen) atoms. The molecule has 0 atom stereocenters. The summed E-state index contributed by atoms with van der Waals surface area (Å²) >= 11 is 0. The number of nitrogens with zero attached hydrogens (tertiary/aromatic N) is 2. The van der Waals surface area contributed by atoms with Crippen LogP contribution in [0.15, 0.2) is 66.9 Å². The third kappa shape index (κ3) is 4.45. The molecule has 4 heteroatoms. The van der Waals surface area contributed by atoms with Crippen molar-refractivity contribution < 1.29 is 9.53 Å². The maximum absolute atomic E-state index is 13.2. The van der Waals surface area contributed by atoms with Gasteiger partial charge in [-0.15, -0.1) is 0 Å². The summed E-state index contributed by atoms with van der Waals surface area (Å²) < 4.78 is 7.60. The van der Waals surface area contributed by atoms with Crippen molar-refractivity contribution >= 4 is 5.91 Å². The zero-order valence-corrected chi connectivity index (χ0v) is 17.1. The monoisotopic (exact) mass is 376 g/mol. The van der Waals surface area contributed by atoms with Crippen LogP contribution in [0.2, 0.25) is 0 Å². The molecule has 0 unspecified atom stereocenters. The fraction of sp³-hybridized carbons (Fsp3) is 0.292.